The van der Waals surface area contributed by atoms with Crippen LogP contribution in [-0.2, 0) is 53.3 Å². The first-order valence-electron chi connectivity index (χ1n) is 24.0. The van der Waals surface area contributed by atoms with E-state index in [0.717, 1.165) is 0 Å². The van der Waals surface area contributed by atoms with Crippen LogP contribution in [0.2, 0.25) is 18.1 Å². The summed E-state index contributed by atoms with van der Waals surface area (Å²) in [5.74, 6) is 0.181. The lowest BCUT2D eigenvalue weighted by molar-refractivity contribution is -0.255. The van der Waals surface area contributed by atoms with Crippen molar-refractivity contribution in [3.63, 3.8) is 0 Å². The van der Waals surface area contributed by atoms with Crippen LogP contribution in [0, 0.1) is 24.3 Å². The van der Waals surface area contributed by atoms with E-state index in [0.29, 0.717) is 57.6 Å². The van der Waals surface area contributed by atoms with E-state index in [9.17, 15) is 24.0 Å². The Labute approximate surface area is 396 Å². The minimum atomic E-state index is -2.53. The molecule has 0 aliphatic carbocycles. The Kier molecular flexibility index (Phi) is 23.3. The van der Waals surface area contributed by atoms with Crippen molar-refractivity contribution in [1.82, 2.24) is 19.5 Å². The summed E-state index contributed by atoms with van der Waals surface area (Å²) in [6.45, 7) is 37.3. The lowest BCUT2D eigenvalue weighted by Gasteiger charge is -2.43. The van der Waals surface area contributed by atoms with E-state index in [1.54, 1.807) is 0 Å². The second-order valence-corrected chi connectivity index (χ2v) is 26.1. The molecule has 1 amide bonds. The molecule has 3 heterocycles. The lowest BCUT2D eigenvalue weighted by Crippen LogP contribution is -2.49. The number of Topliss-reactive ketones (excluding diaryl/α,β-unsaturated/α-hetero) is 1. The standard InChI is InChI=1S/C47H82N5O12PSi/c1-16-38-42(63-65(60-27-24-48-13)52(30(2)3)31(4)5)43(64-66(14,15)47(10,11)12)41(61-38)37-28-51(46(57)50-44(37)56)25-22-40(55)49-23-19-21-36(54)20-17-18-26-58-45-34(8)32(6)33(7)39(62-45)29-59-35(9)53/h28,30-34,38-39,41-43,45H,16-27,29H2,1-12,14-15H3,(H,49,55)(H,50,56,57)/t32?,33?,34?,38-,39?,41+,42+,43?,45?,65?/m1/s1. The highest BCUT2D eigenvalue weighted by molar-refractivity contribution is 7.44. The van der Waals surface area contributed by atoms with Gasteiger partial charge in [-0.15, -0.1) is 0 Å². The summed E-state index contributed by atoms with van der Waals surface area (Å²) in [5, 5.41) is 2.65. The molecule has 2 saturated heterocycles. The molecule has 2 aliphatic rings. The summed E-state index contributed by atoms with van der Waals surface area (Å²) in [6.07, 6.45) is 1.15. The fraction of sp³-hybridized carbons (Fsp3) is 0.830. The molecule has 3 rings (SSSR count). The topological polar surface area (TPSA) is 190 Å². The van der Waals surface area contributed by atoms with Crippen molar-refractivity contribution >= 4 is 34.5 Å². The maximum absolute atomic E-state index is 13.7. The van der Waals surface area contributed by atoms with Gasteiger partial charge >= 0.3 is 11.7 Å². The first-order chi connectivity index (χ1) is 30.9. The van der Waals surface area contributed by atoms with Crippen molar-refractivity contribution in [3.8, 4) is 0 Å². The van der Waals surface area contributed by atoms with Gasteiger partial charge in [-0.25, -0.2) is 16.0 Å². The number of aryl methyl sites for hydroxylation is 1. The van der Waals surface area contributed by atoms with Gasteiger partial charge in [-0.1, -0.05) is 48.5 Å². The zero-order valence-corrected chi connectivity index (χ0v) is 44.2. The molecule has 2 aliphatic heterocycles. The second-order valence-electron chi connectivity index (χ2n) is 20.0. The summed E-state index contributed by atoms with van der Waals surface area (Å²) in [7, 11) is -4.20. The van der Waals surface area contributed by atoms with Gasteiger partial charge in [-0.2, -0.15) is 0 Å². The number of aromatic amines is 1. The number of unbranched alkanes of at least 4 members (excludes halogenated alkanes) is 1. The Morgan fingerprint density at radius 2 is 1.62 bits per heavy atom. The number of ketones is 1. The minimum Gasteiger partial charge on any atom is -0.463 e. The highest BCUT2D eigenvalue weighted by Gasteiger charge is 2.53. The second kappa shape index (κ2) is 26.8. The van der Waals surface area contributed by atoms with Gasteiger partial charge < -0.3 is 42.6 Å². The highest BCUT2D eigenvalue weighted by atomic mass is 31.2. The molecule has 2 N–H and O–H groups in total. The molecule has 1 aromatic heterocycles. The van der Waals surface area contributed by atoms with Crippen LogP contribution in [0.5, 0.6) is 0 Å². The number of nitrogens with zero attached hydrogens (tertiary/aromatic N) is 3. The number of esters is 1. The number of carbonyl (C=O) groups is 3. The van der Waals surface area contributed by atoms with Crippen LogP contribution in [0.15, 0.2) is 15.8 Å². The Balaban J connectivity index is 1.61. The van der Waals surface area contributed by atoms with Crippen LogP contribution in [0.4, 0.5) is 0 Å². The Morgan fingerprint density at radius 1 is 0.955 bits per heavy atom. The van der Waals surface area contributed by atoms with Gasteiger partial charge in [0.15, 0.2) is 14.6 Å². The van der Waals surface area contributed by atoms with E-state index in [2.05, 4.69) is 102 Å². The molecule has 10 atom stereocenters. The summed E-state index contributed by atoms with van der Waals surface area (Å²) >= 11 is 0. The number of H-pyrrole nitrogens is 1. The molecule has 2 fully saturated rings. The van der Waals surface area contributed by atoms with Crippen LogP contribution in [0.3, 0.4) is 0 Å². The third-order valence-corrected chi connectivity index (χ3v) is 19.9. The molecular weight excluding hydrogens is 886 g/mol. The van der Waals surface area contributed by atoms with Gasteiger partial charge in [-0.05, 0) is 83.3 Å². The molecular formula is C47H82N5O12PSi. The van der Waals surface area contributed by atoms with Gasteiger partial charge in [0, 0.05) is 70.1 Å². The lowest BCUT2D eigenvalue weighted by atomic mass is 9.79. The van der Waals surface area contributed by atoms with Crippen molar-refractivity contribution in [2.75, 3.05) is 32.9 Å². The van der Waals surface area contributed by atoms with Crippen LogP contribution >= 0.6 is 8.53 Å². The number of carbonyl (C=O) groups excluding carboxylic acids is 3. The number of nitrogens with one attached hydrogen (secondary N) is 2. The van der Waals surface area contributed by atoms with Gasteiger partial charge in [0.25, 0.3) is 14.1 Å². The molecule has 19 heteroatoms. The van der Waals surface area contributed by atoms with E-state index < -0.39 is 58.8 Å². The highest BCUT2D eigenvalue weighted by Crippen LogP contribution is 2.52. The first kappa shape index (κ1) is 57.5. The zero-order chi connectivity index (χ0) is 49.5. The van der Waals surface area contributed by atoms with E-state index in [4.69, 9.17) is 39.0 Å². The predicted octanol–water partition coefficient (Wildman–Crippen LogP) is 7.68. The number of amides is 1. The largest absolute Gasteiger partial charge is 0.463 e. The Hall–Kier alpha value is -2.85. The first-order valence-corrected chi connectivity index (χ1v) is 28.0. The normalized spacial score (nSPS) is 25.3. The molecule has 0 saturated carbocycles. The SMILES string of the molecule is [C-]#[N+]CCOP(O[C@@H]1C(O[Si](C)(C)C(C)(C)C)[C@H](c2cn(CCC(=O)NCCCC(=O)CCCCOC3OC(COC(C)=O)C(C)C(C)C3C)c(=O)[nH]c2=O)O[C@@H]1CC)N(C(C)C)C(C)C. The van der Waals surface area contributed by atoms with Gasteiger partial charge in [0.2, 0.25) is 12.5 Å². The van der Waals surface area contributed by atoms with Crippen molar-refractivity contribution in [1.29, 1.82) is 0 Å². The van der Waals surface area contributed by atoms with Crippen LogP contribution in [0.25, 0.3) is 4.85 Å². The van der Waals surface area contributed by atoms with Crippen LogP contribution in [-0.4, -0.2) is 116 Å². The zero-order valence-electron chi connectivity index (χ0n) is 42.3. The number of ether oxygens (including phenoxy) is 4. The minimum absolute atomic E-state index is 0.000450. The fourth-order valence-electron chi connectivity index (χ4n) is 8.01. The van der Waals surface area contributed by atoms with Gasteiger partial charge in [-0.3, -0.25) is 28.7 Å². The fourth-order valence-corrected chi connectivity index (χ4v) is 11.1. The predicted molar refractivity (Wildman–Crippen MR) is 257 cm³/mol. The number of hydrogen-bond acceptors (Lipinski definition) is 13. The summed E-state index contributed by atoms with van der Waals surface area (Å²) in [5.41, 5.74) is -1.06. The van der Waals surface area contributed by atoms with Crippen molar-refractivity contribution in [2.24, 2.45) is 17.8 Å². The average Bonchev–Trinajstić information content (AvgIpc) is 3.55. The van der Waals surface area contributed by atoms with E-state index in [1.165, 1.54) is 17.7 Å². The van der Waals surface area contributed by atoms with Crippen LogP contribution in [0.1, 0.15) is 140 Å². The smallest absolute Gasteiger partial charge is 0.328 e. The third kappa shape index (κ3) is 16.7. The molecule has 376 valence electrons. The van der Waals surface area contributed by atoms with Crippen molar-refractivity contribution in [3.05, 3.63) is 44.0 Å². The van der Waals surface area contributed by atoms with E-state index >= 15 is 0 Å². The van der Waals surface area contributed by atoms with E-state index in [1.807, 2.05) is 6.92 Å². The van der Waals surface area contributed by atoms with Gasteiger partial charge in [0.1, 0.15) is 37.3 Å². The van der Waals surface area contributed by atoms with Crippen molar-refractivity contribution in [2.45, 2.75) is 202 Å². The molecule has 66 heavy (non-hydrogen) atoms. The number of rotatable bonds is 27. The monoisotopic (exact) mass is 968 g/mol. The maximum Gasteiger partial charge on any atom is 0.328 e. The van der Waals surface area contributed by atoms with Crippen LogP contribution < -0.4 is 16.6 Å². The maximum atomic E-state index is 13.7. The summed E-state index contributed by atoms with van der Waals surface area (Å²) in [4.78, 5) is 69.7. The molecule has 0 bridgehead atoms. The van der Waals surface area contributed by atoms with Gasteiger partial charge in [0.05, 0.1) is 17.8 Å². The van der Waals surface area contributed by atoms with Crippen molar-refractivity contribution < 1.29 is 46.8 Å². The molecule has 0 radical (unpaired) electrons. The number of aromatic nitrogens is 2. The summed E-state index contributed by atoms with van der Waals surface area (Å²) in [6, 6.07) is 0.125. The molecule has 0 aromatic carbocycles. The average molecular weight is 968 g/mol. The molecule has 7 unspecified atom stereocenters. The molecule has 17 nitrogen and oxygen atoms in total. The molecule has 1 aromatic rings. The molecule has 0 spiro atoms. The summed E-state index contributed by atoms with van der Waals surface area (Å²) < 4.78 is 47.9. The Morgan fingerprint density at radius 3 is 2.23 bits per heavy atom. The quantitative estimate of drug-likeness (QED) is 0.0287. The Bertz CT molecular complexity index is 1860. The van der Waals surface area contributed by atoms with E-state index in [-0.39, 0.29) is 91.0 Å². The number of hydrogen-bond donors (Lipinski definition) is 2. The third-order valence-electron chi connectivity index (χ3n) is 13.3.